The Kier molecular flexibility index (Phi) is 6.11. The van der Waals surface area contributed by atoms with E-state index in [0.717, 1.165) is 17.8 Å². The summed E-state index contributed by atoms with van der Waals surface area (Å²) >= 11 is 0. The predicted molar refractivity (Wildman–Crippen MR) is 61.8 cm³/mol. The van der Waals surface area contributed by atoms with Crippen LogP contribution in [0.25, 0.3) is 0 Å². The van der Waals surface area contributed by atoms with E-state index in [1.165, 1.54) is 12.8 Å². The molecule has 0 aromatic rings. The molecule has 0 N–H and O–H groups in total. The first kappa shape index (κ1) is 12.7. The molecule has 0 aliphatic heterocycles. The molecule has 13 heavy (non-hydrogen) atoms. The molecule has 0 nitrogen and oxygen atoms in total. The minimum absolute atomic E-state index is 0.742. The van der Waals surface area contributed by atoms with E-state index in [0.29, 0.717) is 0 Å². The lowest BCUT2D eigenvalue weighted by atomic mass is 9.86. The first-order valence-corrected chi connectivity index (χ1v) is 5.71. The van der Waals surface area contributed by atoms with Crippen LogP contribution in [0.1, 0.15) is 54.4 Å². The molecule has 0 heterocycles. The molecule has 0 radical (unpaired) electrons. The Hall–Kier alpha value is -0.260. The van der Waals surface area contributed by atoms with Gasteiger partial charge in [-0.25, -0.2) is 0 Å². The molecule has 78 valence electrons. The van der Waals surface area contributed by atoms with Gasteiger partial charge in [-0.3, -0.25) is 0 Å². The Morgan fingerprint density at radius 1 is 1.08 bits per heavy atom. The van der Waals surface area contributed by atoms with Crippen LogP contribution < -0.4 is 0 Å². The standard InChI is InChI=1S/C13H26/c1-7-10(3)9-12(5)13(6)11(4)8-2/h9-11,13H,7-8H2,1-6H3. The zero-order chi connectivity index (χ0) is 10.4. The van der Waals surface area contributed by atoms with Gasteiger partial charge in [0.2, 0.25) is 0 Å². The molecule has 3 unspecified atom stereocenters. The minimum atomic E-state index is 0.742. The third-order valence-corrected chi connectivity index (χ3v) is 3.41. The van der Waals surface area contributed by atoms with E-state index in [2.05, 4.69) is 47.6 Å². The summed E-state index contributed by atoms with van der Waals surface area (Å²) in [6.07, 6.45) is 4.98. The van der Waals surface area contributed by atoms with E-state index >= 15 is 0 Å². The second kappa shape index (κ2) is 6.23. The Balaban J connectivity index is 4.23. The van der Waals surface area contributed by atoms with E-state index in [9.17, 15) is 0 Å². The van der Waals surface area contributed by atoms with Crippen molar-refractivity contribution >= 4 is 0 Å². The molecule has 0 aromatic carbocycles. The van der Waals surface area contributed by atoms with E-state index in [-0.39, 0.29) is 0 Å². The lowest BCUT2D eigenvalue weighted by Crippen LogP contribution is -2.08. The van der Waals surface area contributed by atoms with Crippen molar-refractivity contribution in [3.8, 4) is 0 Å². The van der Waals surface area contributed by atoms with Gasteiger partial charge < -0.3 is 0 Å². The van der Waals surface area contributed by atoms with Crippen LogP contribution in [0.5, 0.6) is 0 Å². The van der Waals surface area contributed by atoms with Crippen LogP contribution in [0.2, 0.25) is 0 Å². The first-order valence-electron chi connectivity index (χ1n) is 5.71. The third-order valence-electron chi connectivity index (χ3n) is 3.41. The molecule has 0 fully saturated rings. The molecule has 0 saturated carbocycles. The molecule has 0 bridgehead atoms. The molecule has 0 aliphatic rings. The Morgan fingerprint density at radius 2 is 1.62 bits per heavy atom. The smallest absolute Gasteiger partial charge is 0.0209 e. The summed E-state index contributed by atoms with van der Waals surface area (Å²) in [7, 11) is 0. The van der Waals surface area contributed by atoms with Crippen LogP contribution in [0, 0.1) is 17.8 Å². The van der Waals surface area contributed by atoms with Gasteiger partial charge in [-0.1, -0.05) is 59.1 Å². The van der Waals surface area contributed by atoms with Crippen molar-refractivity contribution in [1.82, 2.24) is 0 Å². The van der Waals surface area contributed by atoms with Gasteiger partial charge >= 0.3 is 0 Å². The normalized spacial score (nSPS) is 19.7. The van der Waals surface area contributed by atoms with Crippen LogP contribution in [0.15, 0.2) is 11.6 Å². The van der Waals surface area contributed by atoms with Gasteiger partial charge in [-0.2, -0.15) is 0 Å². The summed E-state index contributed by atoms with van der Waals surface area (Å²) in [5.74, 6) is 2.31. The van der Waals surface area contributed by atoms with Crippen molar-refractivity contribution in [2.24, 2.45) is 17.8 Å². The second-order valence-corrected chi connectivity index (χ2v) is 4.47. The number of allylic oxidation sites excluding steroid dienone is 2. The van der Waals surface area contributed by atoms with Crippen molar-refractivity contribution in [3.63, 3.8) is 0 Å². The van der Waals surface area contributed by atoms with E-state index in [1.807, 2.05) is 0 Å². The summed E-state index contributed by atoms with van der Waals surface area (Å²) in [6, 6.07) is 0. The van der Waals surface area contributed by atoms with E-state index in [1.54, 1.807) is 5.57 Å². The second-order valence-electron chi connectivity index (χ2n) is 4.47. The molecule has 0 amide bonds. The summed E-state index contributed by atoms with van der Waals surface area (Å²) in [6.45, 7) is 13.8. The Morgan fingerprint density at radius 3 is 2.00 bits per heavy atom. The maximum atomic E-state index is 2.44. The Labute approximate surface area is 84.4 Å². The summed E-state index contributed by atoms with van der Waals surface area (Å²) in [4.78, 5) is 0. The van der Waals surface area contributed by atoms with Gasteiger partial charge in [0.05, 0.1) is 0 Å². The molecule has 0 spiro atoms. The first-order chi connectivity index (χ1) is 6.02. The highest BCUT2D eigenvalue weighted by Crippen LogP contribution is 2.23. The maximum absolute atomic E-state index is 2.44. The van der Waals surface area contributed by atoms with Crippen molar-refractivity contribution in [3.05, 3.63) is 11.6 Å². The minimum Gasteiger partial charge on any atom is -0.0825 e. The fraction of sp³-hybridized carbons (Fsp3) is 0.846. The van der Waals surface area contributed by atoms with E-state index < -0.39 is 0 Å². The SMILES string of the molecule is CCC(C)C=C(C)C(C)C(C)CC. The monoisotopic (exact) mass is 182 g/mol. The van der Waals surface area contributed by atoms with Crippen molar-refractivity contribution in [2.45, 2.75) is 54.4 Å². The number of rotatable bonds is 5. The van der Waals surface area contributed by atoms with Crippen LogP contribution in [0.4, 0.5) is 0 Å². The van der Waals surface area contributed by atoms with Gasteiger partial charge in [-0.05, 0) is 24.7 Å². The van der Waals surface area contributed by atoms with Gasteiger partial charge in [0, 0.05) is 0 Å². The van der Waals surface area contributed by atoms with Gasteiger partial charge in [0.1, 0.15) is 0 Å². The van der Waals surface area contributed by atoms with Crippen molar-refractivity contribution in [1.29, 1.82) is 0 Å². The fourth-order valence-corrected chi connectivity index (χ4v) is 1.52. The van der Waals surface area contributed by atoms with Gasteiger partial charge in [-0.15, -0.1) is 0 Å². The lowest BCUT2D eigenvalue weighted by molar-refractivity contribution is 0.424. The van der Waals surface area contributed by atoms with E-state index in [4.69, 9.17) is 0 Å². The predicted octanol–water partition coefficient (Wildman–Crippen LogP) is 4.66. The van der Waals surface area contributed by atoms with Crippen LogP contribution >= 0.6 is 0 Å². The van der Waals surface area contributed by atoms with Gasteiger partial charge in [0.15, 0.2) is 0 Å². The zero-order valence-electron chi connectivity index (χ0n) is 10.2. The summed E-state index contributed by atoms with van der Waals surface area (Å²) in [5.41, 5.74) is 1.57. The fourth-order valence-electron chi connectivity index (χ4n) is 1.52. The Bertz CT molecular complexity index is 155. The largest absolute Gasteiger partial charge is 0.0825 e. The quantitative estimate of drug-likeness (QED) is 0.542. The topological polar surface area (TPSA) is 0 Å². The average molecular weight is 182 g/mol. The highest BCUT2D eigenvalue weighted by molar-refractivity contribution is 5.05. The highest BCUT2D eigenvalue weighted by atomic mass is 14.2. The molecule has 0 heteroatoms. The summed E-state index contributed by atoms with van der Waals surface area (Å²) < 4.78 is 0. The lowest BCUT2D eigenvalue weighted by Gasteiger charge is -2.20. The molecule has 0 rings (SSSR count). The molecule has 3 atom stereocenters. The molecule has 0 saturated heterocycles. The average Bonchev–Trinajstić information content (AvgIpc) is 2.14. The van der Waals surface area contributed by atoms with Crippen LogP contribution in [-0.4, -0.2) is 0 Å². The zero-order valence-corrected chi connectivity index (χ0v) is 10.2. The van der Waals surface area contributed by atoms with Crippen molar-refractivity contribution in [2.75, 3.05) is 0 Å². The maximum Gasteiger partial charge on any atom is -0.0209 e. The number of hydrogen-bond acceptors (Lipinski definition) is 0. The highest BCUT2D eigenvalue weighted by Gasteiger charge is 2.11. The molecule has 0 aromatic heterocycles. The van der Waals surface area contributed by atoms with Crippen molar-refractivity contribution < 1.29 is 0 Å². The van der Waals surface area contributed by atoms with Gasteiger partial charge in [0.25, 0.3) is 0 Å². The third kappa shape index (κ3) is 4.50. The van der Waals surface area contributed by atoms with Crippen LogP contribution in [-0.2, 0) is 0 Å². The molecule has 0 aliphatic carbocycles. The number of hydrogen-bond donors (Lipinski definition) is 0. The summed E-state index contributed by atoms with van der Waals surface area (Å²) in [5, 5.41) is 0. The van der Waals surface area contributed by atoms with Crippen LogP contribution in [0.3, 0.4) is 0 Å². The molecular formula is C13H26. The molecular weight excluding hydrogens is 156 g/mol.